The van der Waals surface area contributed by atoms with Gasteiger partial charge in [0.2, 0.25) is 0 Å². The Hall–Kier alpha value is -1.75. The van der Waals surface area contributed by atoms with Gasteiger partial charge in [0.15, 0.2) is 5.82 Å². The van der Waals surface area contributed by atoms with E-state index in [2.05, 4.69) is 66.7 Å². The molecule has 2 rings (SSSR count). The Morgan fingerprint density at radius 1 is 1.20 bits per heavy atom. The molecule has 0 aliphatic rings. The molecule has 1 aromatic heterocycles. The second-order valence-electron chi connectivity index (χ2n) is 5.99. The lowest BCUT2D eigenvalue weighted by Gasteiger charge is -2.20. The van der Waals surface area contributed by atoms with Crippen LogP contribution in [0.3, 0.4) is 0 Å². The minimum Gasteiger partial charge on any atom is -0.305 e. The molecule has 1 heterocycles. The van der Waals surface area contributed by atoms with Gasteiger partial charge in [-0.15, -0.1) is 5.10 Å². The van der Waals surface area contributed by atoms with Crippen molar-refractivity contribution in [2.75, 3.05) is 0 Å². The molecule has 1 N–H and O–H groups in total. The molecule has 0 fully saturated rings. The van der Waals surface area contributed by atoms with Gasteiger partial charge in [-0.25, -0.2) is 0 Å². The second kappa shape index (κ2) is 6.13. The molecule has 2 aromatic rings. The van der Waals surface area contributed by atoms with Gasteiger partial charge in [-0.2, -0.15) is 4.68 Å². The van der Waals surface area contributed by atoms with Crippen LogP contribution in [-0.2, 0) is 13.0 Å². The number of hydrogen-bond donors (Lipinski definition) is 1. The van der Waals surface area contributed by atoms with Gasteiger partial charge in [-0.3, -0.25) is 0 Å². The van der Waals surface area contributed by atoms with Crippen molar-refractivity contribution in [1.82, 2.24) is 25.5 Å². The molecule has 0 bridgehead atoms. The van der Waals surface area contributed by atoms with E-state index in [1.54, 1.807) is 0 Å². The Morgan fingerprint density at radius 3 is 2.65 bits per heavy atom. The van der Waals surface area contributed by atoms with Crippen LogP contribution >= 0.6 is 0 Å². The number of tetrazole rings is 1. The fourth-order valence-electron chi connectivity index (χ4n) is 2.05. The van der Waals surface area contributed by atoms with Crippen LogP contribution in [0.1, 0.15) is 45.5 Å². The molecule has 0 aliphatic heterocycles. The maximum Gasteiger partial charge on any atom is 0.170 e. The monoisotopic (exact) mass is 273 g/mol. The molecule has 0 saturated carbocycles. The molecule has 5 heteroatoms. The van der Waals surface area contributed by atoms with E-state index >= 15 is 0 Å². The van der Waals surface area contributed by atoms with Gasteiger partial charge in [-0.05, 0) is 49.2 Å². The first-order valence-electron chi connectivity index (χ1n) is 7.12. The second-order valence-corrected chi connectivity index (χ2v) is 5.99. The highest BCUT2D eigenvalue weighted by Crippen LogP contribution is 2.16. The van der Waals surface area contributed by atoms with Crippen LogP contribution in [0.25, 0.3) is 5.69 Å². The normalized spacial score (nSPS) is 11.8. The highest BCUT2D eigenvalue weighted by Gasteiger charge is 2.14. The largest absolute Gasteiger partial charge is 0.305 e. The van der Waals surface area contributed by atoms with Gasteiger partial charge in [0.1, 0.15) is 0 Å². The van der Waals surface area contributed by atoms with E-state index < -0.39 is 0 Å². The molecule has 0 aliphatic carbocycles. The summed E-state index contributed by atoms with van der Waals surface area (Å²) in [4.78, 5) is 0. The summed E-state index contributed by atoms with van der Waals surface area (Å²) >= 11 is 0. The molecule has 5 nitrogen and oxygen atoms in total. The van der Waals surface area contributed by atoms with E-state index in [0.717, 1.165) is 24.4 Å². The van der Waals surface area contributed by atoms with Crippen LogP contribution < -0.4 is 5.32 Å². The van der Waals surface area contributed by atoms with Crippen molar-refractivity contribution in [3.8, 4) is 5.69 Å². The van der Waals surface area contributed by atoms with Gasteiger partial charge in [0, 0.05) is 5.54 Å². The lowest BCUT2D eigenvalue weighted by molar-refractivity contribution is 0.415. The fraction of sp³-hybridized carbons (Fsp3) is 0.533. The number of para-hydroxylation sites is 1. The van der Waals surface area contributed by atoms with Crippen molar-refractivity contribution < 1.29 is 0 Å². The van der Waals surface area contributed by atoms with Crippen molar-refractivity contribution in [1.29, 1.82) is 0 Å². The molecule has 0 amide bonds. The highest BCUT2D eigenvalue weighted by atomic mass is 15.5. The smallest absolute Gasteiger partial charge is 0.170 e. The minimum absolute atomic E-state index is 0.0414. The summed E-state index contributed by atoms with van der Waals surface area (Å²) in [5, 5.41) is 15.5. The Labute approximate surface area is 120 Å². The molecule has 0 spiro atoms. The summed E-state index contributed by atoms with van der Waals surface area (Å²) in [6.45, 7) is 9.22. The lowest BCUT2D eigenvalue weighted by atomic mass is 10.1. The zero-order valence-corrected chi connectivity index (χ0v) is 12.7. The number of benzene rings is 1. The van der Waals surface area contributed by atoms with Gasteiger partial charge in [0.25, 0.3) is 0 Å². The van der Waals surface area contributed by atoms with Crippen molar-refractivity contribution in [2.24, 2.45) is 0 Å². The quantitative estimate of drug-likeness (QED) is 0.909. The Balaban J connectivity index is 2.28. The van der Waals surface area contributed by atoms with Gasteiger partial charge < -0.3 is 5.32 Å². The van der Waals surface area contributed by atoms with Crippen molar-refractivity contribution in [3.63, 3.8) is 0 Å². The van der Waals surface area contributed by atoms with Gasteiger partial charge in [-0.1, -0.05) is 31.5 Å². The molecular formula is C15H23N5. The lowest BCUT2D eigenvalue weighted by Crippen LogP contribution is -2.36. The average molecular weight is 273 g/mol. The van der Waals surface area contributed by atoms with E-state index in [4.69, 9.17) is 0 Å². The first kappa shape index (κ1) is 14.7. The summed E-state index contributed by atoms with van der Waals surface area (Å²) in [5.41, 5.74) is 2.39. The highest BCUT2D eigenvalue weighted by molar-refractivity contribution is 5.40. The first-order chi connectivity index (χ1) is 9.51. The molecule has 0 radical (unpaired) electrons. The predicted octanol–water partition coefficient (Wildman–Crippen LogP) is 2.50. The fourth-order valence-corrected chi connectivity index (χ4v) is 2.05. The predicted molar refractivity (Wildman–Crippen MR) is 79.7 cm³/mol. The molecule has 0 saturated heterocycles. The van der Waals surface area contributed by atoms with Crippen LogP contribution in [0.2, 0.25) is 0 Å². The van der Waals surface area contributed by atoms with Crippen molar-refractivity contribution >= 4 is 0 Å². The standard InChI is InChI=1S/C15H23N5/c1-5-8-12-9-6-7-10-13(12)20-14(17-18-19-20)11-16-15(2,3)4/h6-7,9-10,16H,5,8,11H2,1-4H3. The van der Waals surface area contributed by atoms with E-state index in [-0.39, 0.29) is 5.54 Å². The zero-order chi connectivity index (χ0) is 14.6. The summed E-state index contributed by atoms with van der Waals surface area (Å²) in [6.07, 6.45) is 2.14. The number of nitrogens with one attached hydrogen (secondary N) is 1. The van der Waals surface area contributed by atoms with Crippen LogP contribution in [0.5, 0.6) is 0 Å². The third-order valence-corrected chi connectivity index (χ3v) is 3.05. The Morgan fingerprint density at radius 2 is 1.95 bits per heavy atom. The molecule has 0 unspecified atom stereocenters. The number of nitrogens with zero attached hydrogens (tertiary/aromatic N) is 4. The minimum atomic E-state index is 0.0414. The van der Waals surface area contributed by atoms with E-state index in [1.165, 1.54) is 5.56 Å². The van der Waals surface area contributed by atoms with E-state index in [0.29, 0.717) is 6.54 Å². The number of rotatable bonds is 5. The first-order valence-corrected chi connectivity index (χ1v) is 7.12. The van der Waals surface area contributed by atoms with Crippen LogP contribution in [0.15, 0.2) is 24.3 Å². The summed E-state index contributed by atoms with van der Waals surface area (Å²) < 4.78 is 1.84. The number of aryl methyl sites for hydroxylation is 1. The molecular weight excluding hydrogens is 250 g/mol. The maximum atomic E-state index is 4.15. The molecule has 0 atom stereocenters. The number of aromatic nitrogens is 4. The van der Waals surface area contributed by atoms with Crippen molar-refractivity contribution in [2.45, 2.75) is 52.6 Å². The molecule has 1 aromatic carbocycles. The average Bonchev–Trinajstić information content (AvgIpc) is 2.85. The van der Waals surface area contributed by atoms with Crippen LogP contribution in [0, 0.1) is 0 Å². The summed E-state index contributed by atoms with van der Waals surface area (Å²) in [6, 6.07) is 8.30. The third kappa shape index (κ3) is 3.63. The maximum absolute atomic E-state index is 4.15. The Kier molecular flexibility index (Phi) is 4.49. The Bertz CT molecular complexity index is 553. The molecule has 108 valence electrons. The van der Waals surface area contributed by atoms with Crippen molar-refractivity contribution in [3.05, 3.63) is 35.7 Å². The van der Waals surface area contributed by atoms with Crippen LogP contribution in [0.4, 0.5) is 0 Å². The van der Waals surface area contributed by atoms with Gasteiger partial charge >= 0.3 is 0 Å². The SMILES string of the molecule is CCCc1ccccc1-n1nnnc1CNC(C)(C)C. The zero-order valence-electron chi connectivity index (χ0n) is 12.7. The number of hydrogen-bond acceptors (Lipinski definition) is 4. The topological polar surface area (TPSA) is 55.6 Å². The van der Waals surface area contributed by atoms with Crippen LogP contribution in [-0.4, -0.2) is 25.7 Å². The summed E-state index contributed by atoms with van der Waals surface area (Å²) in [5.74, 6) is 0.837. The van der Waals surface area contributed by atoms with E-state index in [9.17, 15) is 0 Å². The summed E-state index contributed by atoms with van der Waals surface area (Å²) in [7, 11) is 0. The molecule has 20 heavy (non-hydrogen) atoms. The van der Waals surface area contributed by atoms with Gasteiger partial charge in [0.05, 0.1) is 12.2 Å². The van der Waals surface area contributed by atoms with E-state index in [1.807, 2.05) is 10.7 Å². The third-order valence-electron chi connectivity index (χ3n) is 3.05.